The molecule has 0 saturated heterocycles. The largest absolute Gasteiger partial charge is 0.444 e. The number of para-hydroxylation sites is 1. The van der Waals surface area contributed by atoms with Gasteiger partial charge < -0.3 is 4.74 Å². The molecule has 0 aliphatic rings. The summed E-state index contributed by atoms with van der Waals surface area (Å²) in [4.78, 5) is 19.1. The lowest BCUT2D eigenvalue weighted by molar-refractivity contribution is -0.143. The molecule has 0 unspecified atom stereocenters. The second kappa shape index (κ2) is 14.0. The fourth-order valence-electron chi connectivity index (χ4n) is 4.14. The number of halogens is 6. The average molecular weight is 585 g/mol. The minimum atomic E-state index is -5.00. The Kier molecular flexibility index (Phi) is 11.6. The first-order valence-corrected chi connectivity index (χ1v) is 13.7. The Balaban J connectivity index is 0.00000287. The van der Waals surface area contributed by atoms with Crippen LogP contribution >= 0.6 is 0 Å². The molecule has 0 atom stereocenters. The third-order valence-electron chi connectivity index (χ3n) is 5.94. The summed E-state index contributed by atoms with van der Waals surface area (Å²) < 4.78 is 86.3. The number of pyridine rings is 1. The van der Waals surface area contributed by atoms with Gasteiger partial charge in [-0.2, -0.15) is 26.3 Å². The van der Waals surface area contributed by atoms with E-state index in [0.29, 0.717) is 24.1 Å². The van der Waals surface area contributed by atoms with Gasteiger partial charge in [0.15, 0.2) is 0 Å². The minimum absolute atomic E-state index is 0.0698. The number of alkyl halides is 6. The van der Waals surface area contributed by atoms with Crippen LogP contribution in [-0.2, 0) is 36.6 Å². The number of aromatic nitrogens is 1. The molecule has 1 amide bonds. The summed E-state index contributed by atoms with van der Waals surface area (Å²) in [5.41, 5.74) is -2.01. The molecule has 0 fully saturated rings. The van der Waals surface area contributed by atoms with E-state index in [1.807, 2.05) is 44.2 Å². The zero-order valence-electron chi connectivity index (χ0n) is 24.3. The number of nitrogens with zero attached hydrogens (tertiary/aromatic N) is 2. The molecule has 226 valence electrons. The normalized spacial score (nSPS) is 12.1. The standard InChI is InChI=1S/C29H32F6N2O2.C2H6/c1-5-6-7-11-25-21(15-20-10-8-9-12-24(20)36-25)18-37(26(38)39-27(2,3)4)17-19-13-22(28(30,31)32)16-23(14-19)29(33,34)35;1-2/h8-10,12-16H,5-7,11,17-18H2,1-4H3;1-2H3. The van der Waals surface area contributed by atoms with E-state index in [1.165, 1.54) is 0 Å². The maximum Gasteiger partial charge on any atom is 0.416 e. The van der Waals surface area contributed by atoms with Crippen molar-refractivity contribution < 1.29 is 35.9 Å². The van der Waals surface area contributed by atoms with Gasteiger partial charge in [-0.25, -0.2) is 4.79 Å². The molecule has 0 aliphatic heterocycles. The van der Waals surface area contributed by atoms with Gasteiger partial charge in [0.1, 0.15) is 5.60 Å². The molecule has 4 nitrogen and oxygen atoms in total. The third kappa shape index (κ3) is 10.2. The Morgan fingerprint density at radius 3 is 1.98 bits per heavy atom. The number of fused-ring (bicyclic) bond motifs is 1. The van der Waals surface area contributed by atoms with Crippen molar-refractivity contribution in [3.05, 3.63) is 76.5 Å². The van der Waals surface area contributed by atoms with Gasteiger partial charge >= 0.3 is 18.4 Å². The van der Waals surface area contributed by atoms with Gasteiger partial charge in [0, 0.05) is 17.6 Å². The van der Waals surface area contributed by atoms with Crippen LogP contribution < -0.4 is 0 Å². The highest BCUT2D eigenvalue weighted by atomic mass is 19.4. The fraction of sp³-hybridized carbons (Fsp3) is 0.484. The Hall–Kier alpha value is -3.30. The van der Waals surface area contributed by atoms with Crippen molar-refractivity contribution in [2.75, 3.05) is 0 Å². The smallest absolute Gasteiger partial charge is 0.416 e. The maximum absolute atomic E-state index is 13.5. The van der Waals surface area contributed by atoms with E-state index < -0.39 is 41.7 Å². The number of carbonyl (C=O) groups excluding carboxylic acids is 1. The average Bonchev–Trinajstić information content (AvgIpc) is 2.87. The summed E-state index contributed by atoms with van der Waals surface area (Å²) in [6.45, 7) is 10.3. The van der Waals surface area contributed by atoms with E-state index in [2.05, 4.69) is 6.92 Å². The predicted octanol–water partition coefficient (Wildman–Crippen LogP) is 9.97. The van der Waals surface area contributed by atoms with E-state index in [4.69, 9.17) is 9.72 Å². The summed E-state index contributed by atoms with van der Waals surface area (Å²) in [6, 6.07) is 10.6. The topological polar surface area (TPSA) is 42.4 Å². The molecule has 1 aromatic heterocycles. The van der Waals surface area contributed by atoms with Crippen molar-refractivity contribution in [3.8, 4) is 0 Å². The van der Waals surface area contributed by atoms with E-state index >= 15 is 0 Å². The van der Waals surface area contributed by atoms with Gasteiger partial charge in [0.25, 0.3) is 0 Å². The fourth-order valence-corrected chi connectivity index (χ4v) is 4.14. The first kappa shape index (κ1) is 33.9. The number of carbonyl (C=O) groups is 1. The molecule has 1 heterocycles. The molecule has 2 aromatic carbocycles. The lowest BCUT2D eigenvalue weighted by Gasteiger charge is -2.28. The van der Waals surface area contributed by atoms with Gasteiger partial charge in [-0.05, 0) is 75.1 Å². The van der Waals surface area contributed by atoms with Gasteiger partial charge in [-0.15, -0.1) is 0 Å². The predicted molar refractivity (Wildman–Crippen MR) is 148 cm³/mol. The van der Waals surface area contributed by atoms with Gasteiger partial charge in [-0.1, -0.05) is 51.8 Å². The van der Waals surface area contributed by atoms with Gasteiger partial charge in [0.05, 0.1) is 23.2 Å². The quantitative estimate of drug-likeness (QED) is 0.195. The monoisotopic (exact) mass is 584 g/mol. The Labute approximate surface area is 237 Å². The molecule has 0 saturated carbocycles. The zero-order chi connectivity index (χ0) is 31.0. The van der Waals surface area contributed by atoms with Crippen LogP contribution in [0, 0.1) is 0 Å². The van der Waals surface area contributed by atoms with Crippen LogP contribution in [0.2, 0.25) is 0 Å². The number of amides is 1. The lowest BCUT2D eigenvalue weighted by atomic mass is 10.0. The van der Waals surface area contributed by atoms with Crippen LogP contribution in [0.5, 0.6) is 0 Å². The second-order valence-electron chi connectivity index (χ2n) is 10.5. The summed E-state index contributed by atoms with van der Waals surface area (Å²) >= 11 is 0. The summed E-state index contributed by atoms with van der Waals surface area (Å²) in [7, 11) is 0. The Morgan fingerprint density at radius 1 is 0.854 bits per heavy atom. The zero-order valence-corrected chi connectivity index (χ0v) is 24.3. The van der Waals surface area contributed by atoms with Crippen LogP contribution in [0.4, 0.5) is 31.1 Å². The van der Waals surface area contributed by atoms with Crippen molar-refractivity contribution in [2.45, 2.75) is 98.3 Å². The molecule has 10 heteroatoms. The van der Waals surface area contributed by atoms with E-state index in [9.17, 15) is 31.1 Å². The molecular weight excluding hydrogens is 546 g/mol. The highest BCUT2D eigenvalue weighted by molar-refractivity contribution is 5.79. The van der Waals surface area contributed by atoms with Gasteiger partial charge in [-0.3, -0.25) is 9.88 Å². The van der Waals surface area contributed by atoms with Crippen molar-refractivity contribution >= 4 is 17.0 Å². The molecule has 0 aliphatic carbocycles. The van der Waals surface area contributed by atoms with E-state index in [0.717, 1.165) is 40.8 Å². The number of hydrogen-bond donors (Lipinski definition) is 0. The Morgan fingerprint density at radius 2 is 1.44 bits per heavy atom. The highest BCUT2D eigenvalue weighted by Crippen LogP contribution is 2.37. The Bertz CT molecular complexity index is 1260. The van der Waals surface area contributed by atoms with Crippen LogP contribution in [0.25, 0.3) is 10.9 Å². The SMILES string of the molecule is CC.CCCCCc1nc2ccccc2cc1CN(Cc1cc(C(F)(F)F)cc(C(F)(F)F)c1)C(=O)OC(C)(C)C. The minimum Gasteiger partial charge on any atom is -0.444 e. The number of ether oxygens (including phenoxy) is 1. The van der Waals surface area contributed by atoms with E-state index in [-0.39, 0.29) is 18.2 Å². The molecule has 0 radical (unpaired) electrons. The lowest BCUT2D eigenvalue weighted by Crippen LogP contribution is -2.36. The molecular formula is C31H38F6N2O2. The molecule has 3 rings (SSSR count). The van der Waals surface area contributed by atoms with Crippen LogP contribution in [-0.4, -0.2) is 21.6 Å². The second-order valence-corrected chi connectivity index (χ2v) is 10.5. The first-order valence-electron chi connectivity index (χ1n) is 13.7. The maximum atomic E-state index is 13.5. The van der Waals surface area contributed by atoms with Crippen molar-refractivity contribution in [1.82, 2.24) is 9.88 Å². The summed E-state index contributed by atoms with van der Waals surface area (Å²) in [6.07, 6.45) is -7.48. The van der Waals surface area contributed by atoms with Crippen molar-refractivity contribution in [3.63, 3.8) is 0 Å². The van der Waals surface area contributed by atoms with Gasteiger partial charge in [0.2, 0.25) is 0 Å². The number of rotatable bonds is 8. The third-order valence-corrected chi connectivity index (χ3v) is 5.94. The van der Waals surface area contributed by atoms with Crippen LogP contribution in [0.15, 0.2) is 48.5 Å². The number of benzene rings is 2. The molecule has 41 heavy (non-hydrogen) atoms. The van der Waals surface area contributed by atoms with Crippen molar-refractivity contribution in [2.24, 2.45) is 0 Å². The summed E-state index contributed by atoms with van der Waals surface area (Å²) in [5.74, 6) is 0. The number of unbranched alkanes of at least 4 members (excludes halogenated alkanes) is 2. The molecule has 0 spiro atoms. The molecule has 0 bridgehead atoms. The van der Waals surface area contributed by atoms with Crippen molar-refractivity contribution in [1.29, 1.82) is 0 Å². The number of aryl methyl sites for hydroxylation is 1. The van der Waals surface area contributed by atoms with E-state index in [1.54, 1.807) is 20.8 Å². The number of hydrogen-bond acceptors (Lipinski definition) is 3. The van der Waals surface area contributed by atoms with Crippen LogP contribution in [0.3, 0.4) is 0 Å². The first-order chi connectivity index (χ1) is 19.1. The molecule has 0 N–H and O–H groups in total. The summed E-state index contributed by atoms with van der Waals surface area (Å²) in [5, 5.41) is 0.800. The van der Waals surface area contributed by atoms with Crippen LogP contribution in [0.1, 0.15) is 88.8 Å². The molecule has 3 aromatic rings. The highest BCUT2D eigenvalue weighted by Gasteiger charge is 2.37.